The molecule has 0 spiro atoms. The van der Waals surface area contributed by atoms with E-state index >= 15 is 0 Å². The lowest BCUT2D eigenvalue weighted by molar-refractivity contribution is -0.124. The molecule has 0 bridgehead atoms. The van der Waals surface area contributed by atoms with Crippen LogP contribution in [0.15, 0.2) is 42.5 Å². The van der Waals surface area contributed by atoms with Gasteiger partial charge < -0.3 is 14.8 Å². The van der Waals surface area contributed by atoms with Crippen molar-refractivity contribution in [3.8, 4) is 5.75 Å². The predicted molar refractivity (Wildman–Crippen MR) is 137 cm³/mol. The Labute approximate surface area is 210 Å². The van der Waals surface area contributed by atoms with Crippen LogP contribution in [0.3, 0.4) is 0 Å². The van der Waals surface area contributed by atoms with E-state index in [1.165, 1.54) is 7.11 Å². The van der Waals surface area contributed by atoms with Gasteiger partial charge in [0.25, 0.3) is 5.91 Å². The molecule has 7 nitrogen and oxygen atoms in total. The molecule has 8 heteroatoms. The summed E-state index contributed by atoms with van der Waals surface area (Å²) >= 11 is 6.18. The Bertz CT molecular complexity index is 1260. The highest BCUT2D eigenvalue weighted by atomic mass is 35.5. The Hall–Kier alpha value is -3.16. The summed E-state index contributed by atoms with van der Waals surface area (Å²) in [6.45, 7) is 7.58. The smallest absolute Gasteiger partial charge is 0.340 e. The van der Waals surface area contributed by atoms with Crippen LogP contribution in [0.5, 0.6) is 5.75 Å². The Kier molecular flexibility index (Phi) is 7.57. The molecule has 1 unspecified atom stereocenters. The van der Waals surface area contributed by atoms with Crippen molar-refractivity contribution < 1.29 is 19.1 Å². The van der Waals surface area contributed by atoms with E-state index in [1.54, 1.807) is 25.1 Å². The second-order valence-electron chi connectivity index (χ2n) is 8.88. The SMILES string of the molecule is CCC(OC(=O)c1c2c(nc3ccccc13)CCN(C(C)C)C2)C(=O)Nc1ccc(OC)c(Cl)c1. The largest absolute Gasteiger partial charge is 0.495 e. The van der Waals surface area contributed by atoms with Crippen LogP contribution < -0.4 is 10.1 Å². The number of rotatable bonds is 7. The minimum atomic E-state index is -0.962. The lowest BCUT2D eigenvalue weighted by Gasteiger charge is -2.32. The number of fused-ring (bicyclic) bond motifs is 2. The van der Waals surface area contributed by atoms with Crippen molar-refractivity contribution in [1.29, 1.82) is 0 Å². The number of carbonyl (C=O) groups is 2. The van der Waals surface area contributed by atoms with Gasteiger partial charge in [0.15, 0.2) is 6.10 Å². The Morgan fingerprint density at radius 3 is 2.66 bits per heavy atom. The summed E-state index contributed by atoms with van der Waals surface area (Å²) in [5, 5.41) is 3.90. The van der Waals surface area contributed by atoms with Crippen molar-refractivity contribution in [3.05, 3.63) is 64.3 Å². The standard InChI is InChI=1S/C27H30ClN3O4/c1-5-23(26(32)29-17-10-11-24(34-4)20(28)14-17)35-27(33)25-18-8-6-7-9-21(18)30-22-12-13-31(16(2)3)15-19(22)25/h6-11,14,16,23H,5,12-13,15H2,1-4H3,(H,29,32). The number of carbonyl (C=O) groups excluding carboxylic acids is 2. The van der Waals surface area contributed by atoms with Crippen LogP contribution in [0.1, 0.15) is 48.8 Å². The molecule has 0 saturated carbocycles. The molecule has 1 N–H and O–H groups in total. The average Bonchev–Trinajstić information content (AvgIpc) is 2.85. The summed E-state index contributed by atoms with van der Waals surface area (Å²) in [7, 11) is 1.52. The van der Waals surface area contributed by atoms with Crippen molar-refractivity contribution in [1.82, 2.24) is 9.88 Å². The van der Waals surface area contributed by atoms with Crippen LogP contribution in [-0.4, -0.2) is 47.6 Å². The fourth-order valence-electron chi connectivity index (χ4n) is 4.36. The zero-order chi connectivity index (χ0) is 25.1. The first-order chi connectivity index (χ1) is 16.8. The fraction of sp³-hybridized carbons (Fsp3) is 0.370. The third kappa shape index (κ3) is 5.26. The molecule has 0 fully saturated rings. The van der Waals surface area contributed by atoms with Crippen molar-refractivity contribution >= 4 is 40.1 Å². The van der Waals surface area contributed by atoms with Gasteiger partial charge in [0.1, 0.15) is 5.75 Å². The van der Waals surface area contributed by atoms with Crippen LogP contribution in [0, 0.1) is 0 Å². The third-order valence-electron chi connectivity index (χ3n) is 6.34. The number of anilines is 1. The third-order valence-corrected chi connectivity index (χ3v) is 6.64. The van der Waals surface area contributed by atoms with Crippen LogP contribution >= 0.6 is 11.6 Å². The van der Waals surface area contributed by atoms with Crippen LogP contribution in [0.4, 0.5) is 5.69 Å². The molecule has 1 atom stereocenters. The zero-order valence-electron chi connectivity index (χ0n) is 20.4. The summed E-state index contributed by atoms with van der Waals surface area (Å²) in [4.78, 5) is 33.7. The number of benzene rings is 2. The van der Waals surface area contributed by atoms with Gasteiger partial charge in [-0.2, -0.15) is 0 Å². The number of ether oxygens (including phenoxy) is 2. The number of hydrogen-bond acceptors (Lipinski definition) is 6. The molecule has 4 rings (SSSR count). The number of aromatic nitrogens is 1. The molecule has 1 aromatic heterocycles. The second-order valence-corrected chi connectivity index (χ2v) is 9.29. The first-order valence-electron chi connectivity index (χ1n) is 11.8. The molecule has 1 amide bonds. The molecule has 1 aliphatic heterocycles. The van der Waals surface area contributed by atoms with Gasteiger partial charge in [-0.1, -0.05) is 36.7 Å². The molecule has 1 aliphatic rings. The van der Waals surface area contributed by atoms with E-state index in [2.05, 4.69) is 24.1 Å². The number of hydrogen-bond donors (Lipinski definition) is 1. The first kappa shape index (κ1) is 24.9. The summed E-state index contributed by atoms with van der Waals surface area (Å²) < 4.78 is 11.0. The molecule has 2 aromatic carbocycles. The minimum Gasteiger partial charge on any atom is -0.495 e. The van der Waals surface area contributed by atoms with Crippen molar-refractivity contribution in [3.63, 3.8) is 0 Å². The summed E-state index contributed by atoms with van der Waals surface area (Å²) in [5.41, 5.74) is 3.54. The number of halogens is 1. The van der Waals surface area contributed by atoms with Gasteiger partial charge in [-0.15, -0.1) is 0 Å². The van der Waals surface area contributed by atoms with Gasteiger partial charge in [0, 0.05) is 47.9 Å². The van der Waals surface area contributed by atoms with E-state index < -0.39 is 18.0 Å². The number of methoxy groups -OCH3 is 1. The lowest BCUT2D eigenvalue weighted by atomic mass is 9.95. The van der Waals surface area contributed by atoms with Crippen molar-refractivity contribution in [2.24, 2.45) is 0 Å². The highest BCUT2D eigenvalue weighted by molar-refractivity contribution is 6.32. The van der Waals surface area contributed by atoms with Gasteiger partial charge in [0.2, 0.25) is 0 Å². The monoisotopic (exact) mass is 495 g/mol. The topological polar surface area (TPSA) is 80.8 Å². The lowest BCUT2D eigenvalue weighted by Crippen LogP contribution is -2.38. The van der Waals surface area contributed by atoms with E-state index in [9.17, 15) is 9.59 Å². The maximum atomic E-state index is 13.6. The summed E-state index contributed by atoms with van der Waals surface area (Å²) in [5.74, 6) is -0.425. The van der Waals surface area contributed by atoms with Gasteiger partial charge in [-0.3, -0.25) is 14.7 Å². The van der Waals surface area contributed by atoms with Crippen LogP contribution in [0.25, 0.3) is 10.9 Å². The molecule has 184 valence electrons. The van der Waals surface area contributed by atoms with E-state index in [-0.39, 0.29) is 0 Å². The zero-order valence-corrected chi connectivity index (χ0v) is 21.2. The molecule has 0 saturated heterocycles. The number of amides is 1. The number of pyridine rings is 1. The van der Waals surface area contributed by atoms with Crippen molar-refractivity contribution in [2.75, 3.05) is 19.0 Å². The molecule has 35 heavy (non-hydrogen) atoms. The number of nitrogens with one attached hydrogen (secondary N) is 1. The van der Waals surface area contributed by atoms with E-state index in [1.807, 2.05) is 24.3 Å². The van der Waals surface area contributed by atoms with E-state index in [0.29, 0.717) is 41.0 Å². The predicted octanol–water partition coefficient (Wildman–Crippen LogP) is 5.24. The summed E-state index contributed by atoms with van der Waals surface area (Å²) in [6.07, 6.45) is 0.120. The van der Waals surface area contributed by atoms with E-state index in [4.69, 9.17) is 26.1 Å². The Morgan fingerprint density at radius 1 is 1.20 bits per heavy atom. The van der Waals surface area contributed by atoms with Gasteiger partial charge in [0.05, 0.1) is 23.2 Å². The number of para-hydroxylation sites is 1. The number of nitrogens with zero attached hydrogens (tertiary/aromatic N) is 2. The molecule has 0 radical (unpaired) electrons. The van der Waals surface area contributed by atoms with E-state index in [0.717, 1.165) is 35.1 Å². The quantitative estimate of drug-likeness (QED) is 0.451. The molecular weight excluding hydrogens is 466 g/mol. The highest BCUT2D eigenvalue weighted by Gasteiger charge is 2.30. The fourth-order valence-corrected chi connectivity index (χ4v) is 4.62. The summed E-state index contributed by atoms with van der Waals surface area (Å²) in [6, 6.07) is 12.9. The maximum Gasteiger partial charge on any atom is 0.340 e. The van der Waals surface area contributed by atoms with Gasteiger partial charge in [-0.05, 0) is 44.5 Å². The van der Waals surface area contributed by atoms with Gasteiger partial charge in [-0.25, -0.2) is 4.79 Å². The van der Waals surface area contributed by atoms with Gasteiger partial charge >= 0.3 is 5.97 Å². The highest BCUT2D eigenvalue weighted by Crippen LogP contribution is 2.30. The minimum absolute atomic E-state index is 0.324. The molecular formula is C27H30ClN3O4. The first-order valence-corrected chi connectivity index (χ1v) is 12.2. The number of esters is 1. The van der Waals surface area contributed by atoms with Crippen LogP contribution in [0.2, 0.25) is 5.02 Å². The molecule has 2 heterocycles. The Morgan fingerprint density at radius 2 is 1.97 bits per heavy atom. The Balaban J connectivity index is 1.62. The molecule has 0 aliphatic carbocycles. The van der Waals surface area contributed by atoms with Crippen LogP contribution in [-0.2, 0) is 22.5 Å². The maximum absolute atomic E-state index is 13.6. The second kappa shape index (κ2) is 10.6. The average molecular weight is 496 g/mol. The normalized spacial score (nSPS) is 14.5. The molecule has 3 aromatic rings. The van der Waals surface area contributed by atoms with Crippen molar-refractivity contribution in [2.45, 2.75) is 52.3 Å².